The van der Waals surface area contributed by atoms with E-state index < -0.39 is 29.0 Å². The first-order valence-corrected chi connectivity index (χ1v) is 7.43. The minimum atomic E-state index is -4.57. The summed E-state index contributed by atoms with van der Waals surface area (Å²) in [5, 5.41) is 4.94. The molecule has 2 N–H and O–H groups in total. The molecule has 0 aromatic heterocycles. The number of amides is 2. The second-order valence-electron chi connectivity index (χ2n) is 6.18. The molecule has 0 unspecified atom stereocenters. The van der Waals surface area contributed by atoms with E-state index in [0.717, 1.165) is 6.07 Å². The summed E-state index contributed by atoms with van der Waals surface area (Å²) in [5.41, 5.74) is -2.49. The maximum absolute atomic E-state index is 12.9. The molecule has 0 heterocycles. The number of anilines is 1. The van der Waals surface area contributed by atoms with Gasteiger partial charge in [0.05, 0.1) is 11.3 Å². The maximum atomic E-state index is 12.9. The standard InChI is InChI=1S/C16H19F3N2O2/c1-10(2)9-20-13(22)15(7-8-15)14(23)21-12-6-4-3-5-11(12)16(17,18)19/h3-6,10H,7-9H2,1-2H3,(H,20,22)(H,21,23). The largest absolute Gasteiger partial charge is 0.418 e. The number of carbonyl (C=O) groups is 2. The van der Waals surface area contributed by atoms with Crippen molar-refractivity contribution in [1.29, 1.82) is 0 Å². The zero-order valence-electron chi connectivity index (χ0n) is 13.0. The van der Waals surface area contributed by atoms with Crippen molar-refractivity contribution in [3.8, 4) is 0 Å². The van der Waals surface area contributed by atoms with Gasteiger partial charge < -0.3 is 10.6 Å². The van der Waals surface area contributed by atoms with E-state index in [1.807, 2.05) is 13.8 Å². The third-order valence-electron chi connectivity index (χ3n) is 3.77. The summed E-state index contributed by atoms with van der Waals surface area (Å²) in [6.07, 6.45) is -3.88. The van der Waals surface area contributed by atoms with E-state index in [9.17, 15) is 22.8 Å². The molecule has 0 bridgehead atoms. The molecule has 1 aromatic carbocycles. The Morgan fingerprint density at radius 3 is 2.30 bits per heavy atom. The van der Waals surface area contributed by atoms with Crippen LogP contribution in [0.15, 0.2) is 24.3 Å². The smallest absolute Gasteiger partial charge is 0.355 e. The topological polar surface area (TPSA) is 58.2 Å². The van der Waals surface area contributed by atoms with Gasteiger partial charge >= 0.3 is 6.18 Å². The summed E-state index contributed by atoms with van der Waals surface area (Å²) in [6.45, 7) is 4.26. The summed E-state index contributed by atoms with van der Waals surface area (Å²) in [6, 6.07) is 4.74. The molecule has 7 heteroatoms. The molecule has 1 aromatic rings. The minimum absolute atomic E-state index is 0.226. The highest BCUT2D eigenvalue weighted by Crippen LogP contribution is 2.47. The Morgan fingerprint density at radius 1 is 1.17 bits per heavy atom. The summed E-state index contributed by atoms with van der Waals surface area (Å²) in [4.78, 5) is 24.5. The number of halogens is 3. The van der Waals surface area contributed by atoms with Crippen molar-refractivity contribution in [3.05, 3.63) is 29.8 Å². The van der Waals surface area contributed by atoms with Crippen LogP contribution in [0.5, 0.6) is 0 Å². The van der Waals surface area contributed by atoms with Crippen molar-refractivity contribution in [1.82, 2.24) is 5.32 Å². The van der Waals surface area contributed by atoms with E-state index in [1.165, 1.54) is 18.2 Å². The van der Waals surface area contributed by atoms with Crippen molar-refractivity contribution in [2.75, 3.05) is 11.9 Å². The zero-order valence-corrected chi connectivity index (χ0v) is 13.0. The number of benzene rings is 1. The highest BCUT2D eigenvalue weighted by molar-refractivity contribution is 6.13. The molecule has 0 spiro atoms. The van der Waals surface area contributed by atoms with Crippen LogP contribution >= 0.6 is 0 Å². The van der Waals surface area contributed by atoms with Crippen molar-refractivity contribution >= 4 is 17.5 Å². The molecular weight excluding hydrogens is 309 g/mol. The normalized spacial score (nSPS) is 16.1. The average molecular weight is 328 g/mol. The van der Waals surface area contributed by atoms with Crippen LogP contribution < -0.4 is 10.6 Å². The van der Waals surface area contributed by atoms with Gasteiger partial charge in [0.1, 0.15) is 5.41 Å². The molecule has 0 aliphatic heterocycles. The van der Waals surface area contributed by atoms with Crippen LogP contribution in [0.1, 0.15) is 32.3 Å². The number of carbonyl (C=O) groups excluding carboxylic acids is 2. The van der Waals surface area contributed by atoms with Crippen LogP contribution in [0, 0.1) is 11.3 Å². The van der Waals surface area contributed by atoms with Crippen LogP contribution in [-0.2, 0) is 15.8 Å². The average Bonchev–Trinajstić information content (AvgIpc) is 3.25. The van der Waals surface area contributed by atoms with Crippen LogP contribution in [0.3, 0.4) is 0 Å². The summed E-state index contributed by atoms with van der Waals surface area (Å²) in [7, 11) is 0. The van der Waals surface area contributed by atoms with Crippen LogP contribution in [0.25, 0.3) is 0 Å². The van der Waals surface area contributed by atoms with Crippen LogP contribution in [0.2, 0.25) is 0 Å². The van der Waals surface area contributed by atoms with Gasteiger partial charge in [-0.25, -0.2) is 0 Å². The highest BCUT2D eigenvalue weighted by atomic mass is 19.4. The second-order valence-corrected chi connectivity index (χ2v) is 6.18. The lowest BCUT2D eigenvalue weighted by Gasteiger charge is -2.18. The number of rotatable bonds is 5. The van der Waals surface area contributed by atoms with E-state index >= 15 is 0 Å². The van der Waals surface area contributed by atoms with Crippen LogP contribution in [0.4, 0.5) is 18.9 Å². The van der Waals surface area contributed by atoms with E-state index in [1.54, 1.807) is 0 Å². The SMILES string of the molecule is CC(C)CNC(=O)C1(C(=O)Nc2ccccc2C(F)(F)F)CC1. The minimum Gasteiger partial charge on any atom is -0.355 e. The molecule has 1 fully saturated rings. The van der Waals surface area contributed by atoms with E-state index in [0.29, 0.717) is 19.4 Å². The van der Waals surface area contributed by atoms with Gasteiger partial charge in [-0.05, 0) is 30.9 Å². The quantitative estimate of drug-likeness (QED) is 0.816. The Hall–Kier alpha value is -2.05. The van der Waals surface area contributed by atoms with Crippen LogP contribution in [-0.4, -0.2) is 18.4 Å². The zero-order chi connectivity index (χ0) is 17.3. The molecule has 4 nitrogen and oxygen atoms in total. The molecule has 126 valence electrons. The van der Waals surface area contributed by atoms with Gasteiger partial charge in [0.15, 0.2) is 0 Å². The molecule has 0 radical (unpaired) electrons. The molecule has 1 saturated carbocycles. The fourth-order valence-corrected chi connectivity index (χ4v) is 2.23. The highest BCUT2D eigenvalue weighted by Gasteiger charge is 2.56. The van der Waals surface area contributed by atoms with Gasteiger partial charge in [0.25, 0.3) is 0 Å². The molecule has 2 rings (SSSR count). The lowest BCUT2D eigenvalue weighted by Crippen LogP contribution is -2.41. The lowest BCUT2D eigenvalue weighted by molar-refractivity contribution is -0.137. The Morgan fingerprint density at radius 2 is 1.78 bits per heavy atom. The maximum Gasteiger partial charge on any atom is 0.418 e. The summed E-state index contributed by atoms with van der Waals surface area (Å²) < 4.78 is 38.8. The molecule has 23 heavy (non-hydrogen) atoms. The van der Waals surface area contributed by atoms with Gasteiger partial charge in [0, 0.05) is 6.54 Å². The first-order chi connectivity index (χ1) is 10.7. The molecule has 2 amide bonds. The van der Waals surface area contributed by atoms with Gasteiger partial charge in [-0.3, -0.25) is 9.59 Å². The van der Waals surface area contributed by atoms with Gasteiger partial charge in [-0.15, -0.1) is 0 Å². The monoisotopic (exact) mass is 328 g/mol. The number of hydrogen-bond donors (Lipinski definition) is 2. The Balaban J connectivity index is 2.12. The van der Waals surface area contributed by atoms with Crippen molar-refractivity contribution in [2.24, 2.45) is 11.3 Å². The summed E-state index contributed by atoms with van der Waals surface area (Å²) >= 11 is 0. The molecule has 1 aliphatic carbocycles. The Bertz CT molecular complexity index is 608. The lowest BCUT2D eigenvalue weighted by atomic mass is 10.0. The number of nitrogens with one attached hydrogen (secondary N) is 2. The molecule has 1 aliphatic rings. The number of para-hydroxylation sites is 1. The van der Waals surface area contributed by atoms with E-state index in [4.69, 9.17) is 0 Å². The van der Waals surface area contributed by atoms with E-state index in [-0.39, 0.29) is 11.6 Å². The predicted octanol–water partition coefficient (Wildman–Crippen LogP) is 3.20. The Labute approximate surface area is 132 Å². The third kappa shape index (κ3) is 3.83. The fraction of sp³-hybridized carbons (Fsp3) is 0.500. The fourth-order valence-electron chi connectivity index (χ4n) is 2.23. The van der Waals surface area contributed by atoms with Crippen molar-refractivity contribution in [2.45, 2.75) is 32.9 Å². The number of hydrogen-bond acceptors (Lipinski definition) is 2. The van der Waals surface area contributed by atoms with Gasteiger partial charge in [0.2, 0.25) is 11.8 Å². The van der Waals surface area contributed by atoms with Gasteiger partial charge in [-0.1, -0.05) is 26.0 Å². The Kier molecular flexibility index (Phi) is 4.68. The van der Waals surface area contributed by atoms with E-state index in [2.05, 4.69) is 10.6 Å². The third-order valence-corrected chi connectivity index (χ3v) is 3.77. The van der Waals surface area contributed by atoms with Gasteiger partial charge in [-0.2, -0.15) is 13.2 Å². The molecular formula is C16H19F3N2O2. The second kappa shape index (κ2) is 6.22. The van der Waals surface area contributed by atoms with Crippen molar-refractivity contribution in [3.63, 3.8) is 0 Å². The predicted molar refractivity (Wildman–Crippen MR) is 79.6 cm³/mol. The molecule has 0 saturated heterocycles. The first kappa shape index (κ1) is 17.3. The molecule has 0 atom stereocenters. The van der Waals surface area contributed by atoms with Crippen molar-refractivity contribution < 1.29 is 22.8 Å². The summed E-state index contributed by atoms with van der Waals surface area (Å²) in [5.74, 6) is -0.882. The number of alkyl halides is 3. The first-order valence-electron chi connectivity index (χ1n) is 7.43.